The number of para-hydroxylation sites is 2. The number of anilines is 1. The van der Waals surface area contributed by atoms with E-state index in [1.165, 1.54) is 6.07 Å². The first-order chi connectivity index (χ1) is 14.6. The number of nitrogens with zero attached hydrogens (tertiary/aromatic N) is 3. The van der Waals surface area contributed by atoms with Crippen LogP contribution in [-0.2, 0) is 13.0 Å². The van der Waals surface area contributed by atoms with Gasteiger partial charge in [0.25, 0.3) is 0 Å². The van der Waals surface area contributed by atoms with Gasteiger partial charge in [-0.3, -0.25) is 4.98 Å². The van der Waals surface area contributed by atoms with Crippen molar-refractivity contribution < 1.29 is 9.50 Å². The van der Waals surface area contributed by atoms with Crippen LogP contribution in [0.25, 0.3) is 0 Å². The predicted molar refractivity (Wildman–Crippen MR) is 122 cm³/mol. The molecule has 0 aliphatic carbocycles. The molecule has 0 radical (unpaired) electrons. The highest BCUT2D eigenvalue weighted by molar-refractivity contribution is 9.10. The molecule has 0 saturated carbocycles. The smallest absolute Gasteiger partial charge is 0.198 e. The summed E-state index contributed by atoms with van der Waals surface area (Å²) in [5.41, 5.74) is 2.01. The van der Waals surface area contributed by atoms with Gasteiger partial charge in [-0.15, -0.1) is 0 Å². The van der Waals surface area contributed by atoms with Crippen LogP contribution in [0, 0.1) is 5.82 Å². The van der Waals surface area contributed by atoms with Gasteiger partial charge in [0.15, 0.2) is 5.96 Å². The fourth-order valence-electron chi connectivity index (χ4n) is 2.95. The number of aliphatic imine (C=N–C) groups is 1. The summed E-state index contributed by atoms with van der Waals surface area (Å²) in [5, 5.41) is 13.4. The van der Waals surface area contributed by atoms with Crippen LogP contribution in [0.3, 0.4) is 0 Å². The summed E-state index contributed by atoms with van der Waals surface area (Å²) in [4.78, 5) is 11.1. The van der Waals surface area contributed by atoms with E-state index in [9.17, 15) is 9.50 Å². The molecule has 0 fully saturated rings. The van der Waals surface area contributed by atoms with Crippen molar-refractivity contribution in [2.45, 2.75) is 19.9 Å². The average molecular weight is 471 g/mol. The lowest BCUT2D eigenvalue weighted by Crippen LogP contribution is -2.38. The zero-order valence-corrected chi connectivity index (χ0v) is 18.3. The number of aromatic nitrogens is 1. The topological polar surface area (TPSA) is 60.8 Å². The molecule has 0 saturated heterocycles. The second-order valence-corrected chi connectivity index (χ2v) is 7.58. The molecule has 2 aromatic carbocycles. The Morgan fingerprint density at radius 3 is 2.70 bits per heavy atom. The average Bonchev–Trinajstić information content (AvgIpc) is 2.76. The van der Waals surface area contributed by atoms with Gasteiger partial charge in [-0.25, -0.2) is 9.38 Å². The Bertz CT molecular complexity index is 998. The first-order valence-corrected chi connectivity index (χ1v) is 10.5. The van der Waals surface area contributed by atoms with Crippen molar-refractivity contribution in [3.63, 3.8) is 0 Å². The van der Waals surface area contributed by atoms with Crippen LogP contribution in [0.5, 0.6) is 5.75 Å². The molecule has 0 unspecified atom stereocenters. The number of pyridine rings is 1. The Kier molecular flexibility index (Phi) is 7.79. The summed E-state index contributed by atoms with van der Waals surface area (Å²) >= 11 is 3.38. The van der Waals surface area contributed by atoms with E-state index in [0.29, 0.717) is 30.3 Å². The normalized spacial score (nSPS) is 11.4. The number of rotatable bonds is 7. The van der Waals surface area contributed by atoms with Gasteiger partial charge in [-0.05, 0) is 49.4 Å². The number of phenolic OH excluding ortho intramolecular Hbond substituents is 1. The van der Waals surface area contributed by atoms with Crippen LogP contribution < -0.4 is 5.32 Å². The van der Waals surface area contributed by atoms with Crippen LogP contribution >= 0.6 is 15.9 Å². The Labute approximate surface area is 184 Å². The lowest BCUT2D eigenvalue weighted by molar-refractivity contribution is 0.438. The van der Waals surface area contributed by atoms with Crippen LogP contribution in [0.4, 0.5) is 10.1 Å². The molecule has 5 nitrogen and oxygen atoms in total. The molecule has 3 aromatic rings. The SMILES string of the molecule is CCN(CCc1ccccn1)C(=NCc1cc(Br)ccc1F)Nc1ccccc1O. The maximum absolute atomic E-state index is 14.2. The van der Waals surface area contributed by atoms with E-state index in [2.05, 4.69) is 36.1 Å². The van der Waals surface area contributed by atoms with Gasteiger partial charge in [0.1, 0.15) is 11.6 Å². The Hall–Kier alpha value is -2.93. The summed E-state index contributed by atoms with van der Waals surface area (Å²) in [7, 11) is 0. The van der Waals surface area contributed by atoms with Crippen LogP contribution in [0.1, 0.15) is 18.2 Å². The zero-order chi connectivity index (χ0) is 21.3. The summed E-state index contributed by atoms with van der Waals surface area (Å²) in [6.45, 7) is 3.56. The molecule has 156 valence electrons. The number of nitrogens with one attached hydrogen (secondary N) is 1. The molecule has 3 rings (SSSR count). The van der Waals surface area contributed by atoms with Crippen molar-refractivity contribution in [2.75, 3.05) is 18.4 Å². The van der Waals surface area contributed by atoms with E-state index < -0.39 is 0 Å². The van der Waals surface area contributed by atoms with Gasteiger partial charge < -0.3 is 15.3 Å². The second-order valence-electron chi connectivity index (χ2n) is 6.67. The standard InChI is InChI=1S/C23H24BrFN4O/c1-2-29(14-12-19-7-5-6-13-26-19)23(28-21-8-3-4-9-22(21)30)27-16-17-15-18(24)10-11-20(17)25/h3-11,13,15,30H,2,12,14,16H2,1H3,(H,27,28). The van der Waals surface area contributed by atoms with Crippen molar-refractivity contribution in [3.05, 3.63) is 88.4 Å². The largest absolute Gasteiger partial charge is 0.506 e. The molecule has 0 bridgehead atoms. The van der Waals surface area contributed by atoms with Crippen LogP contribution in [0.15, 0.2) is 76.3 Å². The minimum Gasteiger partial charge on any atom is -0.506 e. The fourth-order valence-corrected chi connectivity index (χ4v) is 3.36. The summed E-state index contributed by atoms with van der Waals surface area (Å²) < 4.78 is 15.0. The Morgan fingerprint density at radius 2 is 1.97 bits per heavy atom. The number of guanidine groups is 1. The van der Waals surface area contributed by atoms with Gasteiger partial charge in [-0.1, -0.05) is 34.1 Å². The molecule has 1 heterocycles. The van der Waals surface area contributed by atoms with E-state index in [1.807, 2.05) is 31.2 Å². The fraction of sp³-hybridized carbons (Fsp3) is 0.217. The van der Waals surface area contributed by atoms with Crippen molar-refractivity contribution in [2.24, 2.45) is 4.99 Å². The number of benzene rings is 2. The number of likely N-dealkylation sites (N-methyl/N-ethyl adjacent to an activating group) is 1. The maximum Gasteiger partial charge on any atom is 0.198 e. The van der Waals surface area contributed by atoms with E-state index in [4.69, 9.17) is 0 Å². The lowest BCUT2D eigenvalue weighted by Gasteiger charge is -2.26. The number of phenols is 1. The molecule has 0 spiro atoms. The van der Waals surface area contributed by atoms with Gasteiger partial charge in [-0.2, -0.15) is 0 Å². The predicted octanol–water partition coefficient (Wildman–Crippen LogP) is 5.22. The van der Waals surface area contributed by atoms with Crippen molar-refractivity contribution in [3.8, 4) is 5.75 Å². The van der Waals surface area contributed by atoms with E-state index in [-0.39, 0.29) is 18.1 Å². The minimum atomic E-state index is -0.305. The number of halogens is 2. The van der Waals surface area contributed by atoms with Crippen LogP contribution in [0.2, 0.25) is 0 Å². The minimum absolute atomic E-state index is 0.125. The first kappa shape index (κ1) is 21.8. The number of hydrogen-bond acceptors (Lipinski definition) is 3. The molecule has 0 aliphatic heterocycles. The second kappa shape index (κ2) is 10.7. The molecular weight excluding hydrogens is 447 g/mol. The Balaban J connectivity index is 1.84. The summed E-state index contributed by atoms with van der Waals surface area (Å²) in [6, 6.07) is 17.6. The van der Waals surface area contributed by atoms with Gasteiger partial charge in [0.05, 0.1) is 12.2 Å². The van der Waals surface area contributed by atoms with Crippen molar-refractivity contribution in [1.29, 1.82) is 0 Å². The summed E-state index contributed by atoms with van der Waals surface area (Å²) in [6.07, 6.45) is 2.51. The maximum atomic E-state index is 14.2. The third-order valence-electron chi connectivity index (χ3n) is 4.60. The number of aromatic hydroxyl groups is 1. The third-order valence-corrected chi connectivity index (χ3v) is 5.10. The monoisotopic (exact) mass is 470 g/mol. The molecular formula is C23H24BrFN4O. The molecule has 2 N–H and O–H groups in total. The zero-order valence-electron chi connectivity index (χ0n) is 16.7. The molecule has 0 aliphatic rings. The number of hydrogen-bond donors (Lipinski definition) is 2. The molecule has 1 aromatic heterocycles. The molecule has 30 heavy (non-hydrogen) atoms. The Morgan fingerprint density at radius 1 is 1.17 bits per heavy atom. The van der Waals surface area contributed by atoms with Gasteiger partial charge in [0.2, 0.25) is 0 Å². The highest BCUT2D eigenvalue weighted by atomic mass is 79.9. The van der Waals surface area contributed by atoms with Gasteiger partial charge in [0, 0.05) is 41.4 Å². The van der Waals surface area contributed by atoms with E-state index in [0.717, 1.165) is 16.6 Å². The van der Waals surface area contributed by atoms with Gasteiger partial charge >= 0.3 is 0 Å². The molecule has 0 atom stereocenters. The molecule has 7 heteroatoms. The lowest BCUT2D eigenvalue weighted by atomic mass is 10.2. The third kappa shape index (κ3) is 6.03. The van der Waals surface area contributed by atoms with Crippen molar-refractivity contribution in [1.82, 2.24) is 9.88 Å². The first-order valence-electron chi connectivity index (χ1n) is 9.75. The van der Waals surface area contributed by atoms with E-state index in [1.54, 1.807) is 36.5 Å². The quantitative estimate of drug-likeness (QED) is 0.282. The highest BCUT2D eigenvalue weighted by Crippen LogP contribution is 2.22. The van der Waals surface area contributed by atoms with E-state index >= 15 is 0 Å². The van der Waals surface area contributed by atoms with Crippen molar-refractivity contribution >= 4 is 27.6 Å². The highest BCUT2D eigenvalue weighted by Gasteiger charge is 2.13. The van der Waals surface area contributed by atoms with Crippen LogP contribution in [-0.4, -0.2) is 34.0 Å². The molecule has 0 amide bonds. The summed E-state index contributed by atoms with van der Waals surface area (Å²) in [5.74, 6) is 0.384.